The van der Waals surface area contributed by atoms with Crippen LogP contribution in [0.5, 0.6) is 0 Å². The lowest BCUT2D eigenvalue weighted by atomic mass is 10.2. The molecule has 2 nitrogen and oxygen atoms in total. The zero-order chi connectivity index (χ0) is 12.9. The fraction of sp³-hybridized carbons (Fsp3) is 0.176. The maximum absolute atomic E-state index is 2.27. The van der Waals surface area contributed by atoms with Crippen molar-refractivity contribution >= 4 is 10.8 Å². The van der Waals surface area contributed by atoms with Crippen molar-refractivity contribution in [3.63, 3.8) is 0 Å². The highest BCUT2D eigenvalue weighted by molar-refractivity contribution is 5.80. The Bertz CT molecular complexity index is 662. The Morgan fingerprint density at radius 1 is 0.632 bits per heavy atom. The van der Waals surface area contributed by atoms with E-state index in [4.69, 9.17) is 0 Å². The van der Waals surface area contributed by atoms with E-state index in [1.807, 2.05) is 0 Å². The number of hydrogen-bond donors (Lipinski definition) is 0. The molecule has 2 heterocycles. The lowest BCUT2D eigenvalue weighted by Gasteiger charge is -1.98. The SMILES string of the molecule is c1cc[n+](CCC[n+]2ccc3ccccc3c2)cc1. The standard InChI is InChI=1S/C17H18N2/c1-4-10-18(11-5-1)12-6-13-19-14-9-16-7-2-3-8-17(16)15-19/h1-5,7-11,14-15H,6,12-13H2/q+2. The van der Waals surface area contributed by atoms with E-state index in [-0.39, 0.29) is 0 Å². The van der Waals surface area contributed by atoms with E-state index in [2.05, 4.69) is 82.5 Å². The average molecular weight is 250 g/mol. The van der Waals surface area contributed by atoms with E-state index in [1.165, 1.54) is 10.8 Å². The summed E-state index contributed by atoms with van der Waals surface area (Å²) in [5.41, 5.74) is 0. The molecule has 2 heteroatoms. The average Bonchev–Trinajstić information content (AvgIpc) is 2.48. The van der Waals surface area contributed by atoms with Gasteiger partial charge in [-0.15, -0.1) is 0 Å². The molecule has 2 aromatic heterocycles. The summed E-state index contributed by atoms with van der Waals surface area (Å²) in [7, 11) is 0. The third-order valence-electron chi connectivity index (χ3n) is 3.36. The highest BCUT2D eigenvalue weighted by Gasteiger charge is 2.05. The van der Waals surface area contributed by atoms with Crippen LogP contribution in [0.15, 0.2) is 73.3 Å². The molecule has 0 N–H and O–H groups in total. The highest BCUT2D eigenvalue weighted by atomic mass is 15.0. The largest absolute Gasteiger partial charge is 0.205 e. The quantitative estimate of drug-likeness (QED) is 0.629. The first-order valence-electron chi connectivity index (χ1n) is 6.74. The number of pyridine rings is 2. The topological polar surface area (TPSA) is 7.76 Å². The summed E-state index contributed by atoms with van der Waals surface area (Å²) in [5, 5.41) is 2.61. The van der Waals surface area contributed by atoms with E-state index in [1.54, 1.807) is 0 Å². The van der Waals surface area contributed by atoms with Crippen molar-refractivity contribution in [3.05, 3.63) is 73.3 Å². The first-order valence-corrected chi connectivity index (χ1v) is 6.74. The Hall–Kier alpha value is -2.22. The molecule has 0 fully saturated rings. The van der Waals surface area contributed by atoms with Gasteiger partial charge in [-0.25, -0.2) is 9.13 Å². The van der Waals surface area contributed by atoms with Crippen LogP contribution in [0.3, 0.4) is 0 Å². The van der Waals surface area contributed by atoms with Crippen LogP contribution < -0.4 is 9.13 Å². The molecular weight excluding hydrogens is 232 g/mol. The fourth-order valence-electron chi connectivity index (χ4n) is 2.34. The zero-order valence-electron chi connectivity index (χ0n) is 10.9. The van der Waals surface area contributed by atoms with E-state index in [0.29, 0.717) is 0 Å². The van der Waals surface area contributed by atoms with E-state index < -0.39 is 0 Å². The first kappa shape index (κ1) is 11.8. The van der Waals surface area contributed by atoms with Gasteiger partial charge in [0.15, 0.2) is 37.9 Å². The lowest BCUT2D eigenvalue weighted by Crippen LogP contribution is -2.38. The summed E-state index contributed by atoms with van der Waals surface area (Å²) in [5.74, 6) is 0. The molecule has 0 atom stereocenters. The molecular formula is C17H18N2+2. The van der Waals surface area contributed by atoms with E-state index >= 15 is 0 Å². The monoisotopic (exact) mass is 250 g/mol. The van der Waals surface area contributed by atoms with Gasteiger partial charge >= 0.3 is 0 Å². The summed E-state index contributed by atoms with van der Waals surface area (Å²) in [6.07, 6.45) is 9.76. The van der Waals surface area contributed by atoms with Crippen LogP contribution in [0, 0.1) is 0 Å². The van der Waals surface area contributed by atoms with Gasteiger partial charge in [0, 0.05) is 23.6 Å². The number of aromatic nitrogens is 2. The minimum absolute atomic E-state index is 1.05. The maximum Gasteiger partial charge on any atom is 0.176 e. The number of nitrogens with zero attached hydrogens (tertiary/aromatic N) is 2. The van der Waals surface area contributed by atoms with Crippen LogP contribution >= 0.6 is 0 Å². The molecule has 0 aliphatic heterocycles. The van der Waals surface area contributed by atoms with Crippen molar-refractivity contribution in [3.8, 4) is 0 Å². The third-order valence-corrected chi connectivity index (χ3v) is 3.36. The third kappa shape index (κ3) is 2.97. The summed E-state index contributed by atoms with van der Waals surface area (Å²) < 4.78 is 4.49. The second-order valence-corrected chi connectivity index (χ2v) is 4.78. The van der Waals surface area contributed by atoms with Crippen molar-refractivity contribution in [1.29, 1.82) is 0 Å². The van der Waals surface area contributed by atoms with Crippen LogP contribution in [-0.4, -0.2) is 0 Å². The van der Waals surface area contributed by atoms with Crippen LogP contribution in [-0.2, 0) is 13.1 Å². The first-order chi connectivity index (χ1) is 9.42. The zero-order valence-corrected chi connectivity index (χ0v) is 10.9. The number of hydrogen-bond acceptors (Lipinski definition) is 0. The van der Waals surface area contributed by atoms with E-state index in [0.717, 1.165) is 19.5 Å². The summed E-state index contributed by atoms with van der Waals surface area (Å²) in [6, 6.07) is 16.9. The van der Waals surface area contributed by atoms with Gasteiger partial charge < -0.3 is 0 Å². The van der Waals surface area contributed by atoms with Crippen molar-refractivity contribution in [2.24, 2.45) is 0 Å². The minimum atomic E-state index is 1.05. The van der Waals surface area contributed by atoms with Gasteiger partial charge in [-0.2, -0.15) is 0 Å². The lowest BCUT2D eigenvalue weighted by molar-refractivity contribution is -0.726. The Balaban J connectivity index is 1.65. The molecule has 0 aliphatic rings. The Kier molecular flexibility index (Phi) is 3.50. The second kappa shape index (κ2) is 5.61. The van der Waals surface area contributed by atoms with Crippen molar-refractivity contribution in [2.45, 2.75) is 19.5 Å². The molecule has 0 spiro atoms. The number of fused-ring (bicyclic) bond motifs is 1. The molecule has 0 unspecified atom stereocenters. The highest BCUT2D eigenvalue weighted by Crippen LogP contribution is 2.09. The molecule has 0 bridgehead atoms. The Morgan fingerprint density at radius 3 is 2.21 bits per heavy atom. The van der Waals surface area contributed by atoms with Gasteiger partial charge in [0.1, 0.15) is 0 Å². The molecule has 0 radical (unpaired) electrons. The Labute approximate surface area is 113 Å². The van der Waals surface area contributed by atoms with Gasteiger partial charge in [0.2, 0.25) is 0 Å². The van der Waals surface area contributed by atoms with Gasteiger partial charge in [-0.1, -0.05) is 24.3 Å². The van der Waals surface area contributed by atoms with Crippen LogP contribution in [0.4, 0.5) is 0 Å². The number of aryl methyl sites for hydroxylation is 2. The van der Waals surface area contributed by atoms with Gasteiger partial charge in [0.05, 0.1) is 6.42 Å². The summed E-state index contributed by atoms with van der Waals surface area (Å²) >= 11 is 0. The molecule has 0 amide bonds. The minimum Gasteiger partial charge on any atom is -0.205 e. The second-order valence-electron chi connectivity index (χ2n) is 4.78. The van der Waals surface area contributed by atoms with Crippen LogP contribution in [0.2, 0.25) is 0 Å². The molecule has 0 saturated carbocycles. The molecule has 1 aromatic carbocycles. The van der Waals surface area contributed by atoms with Crippen molar-refractivity contribution < 1.29 is 9.13 Å². The van der Waals surface area contributed by atoms with Gasteiger partial charge in [0.25, 0.3) is 0 Å². The predicted octanol–water partition coefficient (Wildman–Crippen LogP) is 2.51. The smallest absolute Gasteiger partial charge is 0.176 e. The normalized spacial score (nSPS) is 10.7. The molecule has 19 heavy (non-hydrogen) atoms. The summed E-state index contributed by atoms with van der Waals surface area (Å²) in [6.45, 7) is 2.10. The Morgan fingerprint density at radius 2 is 1.37 bits per heavy atom. The number of benzene rings is 1. The fourth-order valence-corrected chi connectivity index (χ4v) is 2.34. The van der Waals surface area contributed by atoms with Crippen LogP contribution in [0.25, 0.3) is 10.8 Å². The van der Waals surface area contributed by atoms with Gasteiger partial charge in [-0.3, -0.25) is 0 Å². The van der Waals surface area contributed by atoms with Crippen molar-refractivity contribution in [1.82, 2.24) is 0 Å². The molecule has 94 valence electrons. The van der Waals surface area contributed by atoms with Crippen LogP contribution in [0.1, 0.15) is 6.42 Å². The molecule has 3 aromatic rings. The molecule has 0 saturated heterocycles. The van der Waals surface area contributed by atoms with E-state index in [9.17, 15) is 0 Å². The maximum atomic E-state index is 2.27. The van der Waals surface area contributed by atoms with Gasteiger partial charge in [-0.05, 0) is 11.5 Å². The summed E-state index contributed by atoms with van der Waals surface area (Å²) in [4.78, 5) is 0. The predicted molar refractivity (Wildman–Crippen MR) is 75.4 cm³/mol. The molecule has 0 aliphatic carbocycles. The number of rotatable bonds is 4. The van der Waals surface area contributed by atoms with Crippen molar-refractivity contribution in [2.75, 3.05) is 0 Å². The molecule has 3 rings (SSSR count).